The van der Waals surface area contributed by atoms with E-state index >= 15 is 4.39 Å². The van der Waals surface area contributed by atoms with Crippen LogP contribution in [0.1, 0.15) is 45.1 Å². The van der Waals surface area contributed by atoms with E-state index < -0.39 is 23.0 Å². The molecule has 0 spiro atoms. The lowest BCUT2D eigenvalue weighted by Crippen LogP contribution is -2.50. The third kappa shape index (κ3) is 4.13. The van der Waals surface area contributed by atoms with Crippen molar-refractivity contribution in [3.63, 3.8) is 0 Å². The summed E-state index contributed by atoms with van der Waals surface area (Å²) < 4.78 is 52.3. The van der Waals surface area contributed by atoms with Gasteiger partial charge in [0.15, 0.2) is 0 Å². The van der Waals surface area contributed by atoms with E-state index in [1.54, 1.807) is 4.90 Å². The van der Waals surface area contributed by atoms with Gasteiger partial charge in [-0.15, -0.1) is 0 Å². The summed E-state index contributed by atoms with van der Waals surface area (Å²) >= 11 is 0. The molecule has 0 radical (unpaired) electrons. The monoisotopic (exact) mass is 438 g/mol. The average Bonchev–Trinajstić information content (AvgIpc) is 3.16. The third-order valence-corrected chi connectivity index (χ3v) is 6.04. The molecule has 4 rings (SSSR count). The summed E-state index contributed by atoms with van der Waals surface area (Å²) in [5, 5.41) is 6.79. The van der Waals surface area contributed by atoms with Crippen molar-refractivity contribution in [2.75, 3.05) is 19.7 Å². The number of piperidine rings is 1. The molecule has 2 aromatic rings. The van der Waals surface area contributed by atoms with Gasteiger partial charge in [0.05, 0.1) is 12.6 Å². The Morgan fingerprint density at radius 1 is 1.32 bits per heavy atom. The second-order valence-electron chi connectivity index (χ2n) is 8.65. The van der Waals surface area contributed by atoms with E-state index in [0.29, 0.717) is 19.8 Å². The molecule has 0 unspecified atom stereocenters. The summed E-state index contributed by atoms with van der Waals surface area (Å²) in [6.45, 7) is 6.22. The van der Waals surface area contributed by atoms with Crippen molar-refractivity contribution in [1.29, 1.82) is 0 Å². The maximum absolute atomic E-state index is 15.1. The zero-order valence-corrected chi connectivity index (χ0v) is 17.7. The standard InChI is InChI=1S/C21H25F3N4O3/c1-12-11-30-16-9-13(17-26-18(31-27-17)21(3,23)24)8-15(22)14(16)10-28(12)19(29)20(2)4-6-25-7-5-20/h8-9,12,25H,4-7,10-11H2,1-3H3/t12-/m0/s1. The molecular formula is C21H25F3N4O3. The Morgan fingerprint density at radius 2 is 2.03 bits per heavy atom. The van der Waals surface area contributed by atoms with Gasteiger partial charge in [-0.1, -0.05) is 12.1 Å². The molecule has 2 aliphatic rings. The van der Waals surface area contributed by atoms with Gasteiger partial charge in [0, 0.05) is 23.5 Å². The van der Waals surface area contributed by atoms with E-state index in [1.165, 1.54) is 6.07 Å². The van der Waals surface area contributed by atoms with E-state index in [9.17, 15) is 13.6 Å². The Labute approximate surface area is 177 Å². The molecule has 1 atom stereocenters. The Hall–Kier alpha value is -2.62. The summed E-state index contributed by atoms with van der Waals surface area (Å²) in [5.74, 6) is -4.71. The second-order valence-corrected chi connectivity index (χ2v) is 8.65. The Morgan fingerprint density at radius 3 is 2.68 bits per heavy atom. The lowest BCUT2D eigenvalue weighted by molar-refractivity contribution is -0.146. The van der Waals surface area contributed by atoms with Gasteiger partial charge in [-0.05, 0) is 45.0 Å². The number of rotatable bonds is 3. The highest BCUT2D eigenvalue weighted by Gasteiger charge is 2.40. The first-order chi connectivity index (χ1) is 14.6. The molecule has 1 fully saturated rings. The molecule has 10 heteroatoms. The molecule has 0 aliphatic carbocycles. The first kappa shape index (κ1) is 21.6. The van der Waals surface area contributed by atoms with Crippen molar-refractivity contribution in [3.05, 3.63) is 29.4 Å². The number of aromatic nitrogens is 2. The number of hydrogen-bond donors (Lipinski definition) is 1. The van der Waals surface area contributed by atoms with Crippen LogP contribution >= 0.6 is 0 Å². The van der Waals surface area contributed by atoms with Crippen molar-refractivity contribution < 1.29 is 27.2 Å². The van der Waals surface area contributed by atoms with Crippen molar-refractivity contribution >= 4 is 5.91 Å². The number of carbonyl (C=O) groups excluding carboxylic acids is 1. The number of fused-ring (bicyclic) bond motifs is 1. The predicted molar refractivity (Wildman–Crippen MR) is 105 cm³/mol. The number of benzene rings is 1. The predicted octanol–water partition coefficient (Wildman–Crippen LogP) is 3.49. The SMILES string of the molecule is C[C@H]1COc2cc(-c3noc(C(C)(F)F)n3)cc(F)c2CN1C(=O)C1(C)CCNCC1. The number of alkyl halides is 2. The molecule has 7 nitrogen and oxygen atoms in total. The molecule has 1 N–H and O–H groups in total. The zero-order chi connectivity index (χ0) is 22.4. The van der Waals surface area contributed by atoms with Crippen LogP contribution in [0.3, 0.4) is 0 Å². The topological polar surface area (TPSA) is 80.5 Å². The summed E-state index contributed by atoms with van der Waals surface area (Å²) in [5.41, 5.74) is -0.107. The van der Waals surface area contributed by atoms with E-state index in [2.05, 4.69) is 20.0 Å². The molecular weight excluding hydrogens is 413 g/mol. The highest BCUT2D eigenvalue weighted by molar-refractivity contribution is 5.83. The van der Waals surface area contributed by atoms with Gasteiger partial charge >= 0.3 is 5.92 Å². The average molecular weight is 438 g/mol. The van der Waals surface area contributed by atoms with E-state index in [4.69, 9.17) is 4.74 Å². The summed E-state index contributed by atoms with van der Waals surface area (Å²) in [7, 11) is 0. The number of carbonyl (C=O) groups is 1. The number of amides is 1. The molecule has 0 bridgehead atoms. The molecule has 1 saturated heterocycles. The van der Waals surface area contributed by atoms with Crippen molar-refractivity contribution in [2.24, 2.45) is 5.41 Å². The lowest BCUT2D eigenvalue weighted by atomic mass is 9.79. The largest absolute Gasteiger partial charge is 0.491 e. The molecule has 3 heterocycles. The van der Waals surface area contributed by atoms with Gasteiger partial charge in [0.2, 0.25) is 11.7 Å². The maximum Gasteiger partial charge on any atom is 0.322 e. The summed E-state index contributed by atoms with van der Waals surface area (Å²) in [4.78, 5) is 18.7. The quantitative estimate of drug-likeness (QED) is 0.790. The van der Waals surface area contributed by atoms with Gasteiger partial charge in [-0.3, -0.25) is 4.79 Å². The van der Waals surface area contributed by atoms with Crippen LogP contribution in [0.25, 0.3) is 11.4 Å². The molecule has 1 amide bonds. The van der Waals surface area contributed by atoms with Crippen LogP contribution in [0.5, 0.6) is 5.75 Å². The van der Waals surface area contributed by atoms with Crippen molar-refractivity contribution in [3.8, 4) is 17.1 Å². The number of ether oxygens (including phenoxy) is 1. The van der Waals surface area contributed by atoms with Gasteiger partial charge in [0.1, 0.15) is 18.2 Å². The van der Waals surface area contributed by atoms with Crippen LogP contribution in [-0.4, -0.2) is 46.7 Å². The number of halogens is 3. The number of hydrogen-bond acceptors (Lipinski definition) is 6. The van der Waals surface area contributed by atoms with Gasteiger partial charge in [-0.2, -0.15) is 13.8 Å². The summed E-state index contributed by atoms with van der Waals surface area (Å²) in [6, 6.07) is 2.38. The third-order valence-electron chi connectivity index (χ3n) is 6.04. The Balaban J connectivity index is 1.64. The smallest absolute Gasteiger partial charge is 0.322 e. The van der Waals surface area contributed by atoms with Crippen molar-refractivity contribution in [2.45, 2.75) is 52.1 Å². The number of nitrogens with zero attached hydrogens (tertiary/aromatic N) is 3. The van der Waals surface area contributed by atoms with Crippen LogP contribution < -0.4 is 10.1 Å². The van der Waals surface area contributed by atoms with Crippen LogP contribution in [0.4, 0.5) is 13.2 Å². The Kier molecular flexibility index (Phi) is 5.45. The maximum atomic E-state index is 15.1. The van der Waals surface area contributed by atoms with E-state index in [-0.39, 0.29) is 47.8 Å². The van der Waals surface area contributed by atoms with Crippen LogP contribution in [0, 0.1) is 11.2 Å². The number of nitrogens with one attached hydrogen (secondary N) is 1. The highest BCUT2D eigenvalue weighted by atomic mass is 19.3. The van der Waals surface area contributed by atoms with E-state index in [0.717, 1.165) is 19.2 Å². The minimum absolute atomic E-state index is 0.0191. The normalized spacial score (nSPS) is 21.2. The minimum atomic E-state index is -3.30. The fourth-order valence-corrected chi connectivity index (χ4v) is 3.98. The molecule has 1 aromatic carbocycles. The molecule has 1 aromatic heterocycles. The van der Waals surface area contributed by atoms with Gasteiger partial charge in [0.25, 0.3) is 5.89 Å². The Bertz CT molecular complexity index is 983. The highest BCUT2D eigenvalue weighted by Crippen LogP contribution is 2.37. The van der Waals surface area contributed by atoms with E-state index in [1.807, 2.05) is 13.8 Å². The fourth-order valence-electron chi connectivity index (χ4n) is 3.98. The lowest BCUT2D eigenvalue weighted by Gasteiger charge is -2.39. The zero-order valence-electron chi connectivity index (χ0n) is 17.7. The van der Waals surface area contributed by atoms with Crippen LogP contribution in [-0.2, 0) is 17.3 Å². The van der Waals surface area contributed by atoms with Gasteiger partial charge in [-0.25, -0.2) is 4.39 Å². The fraction of sp³-hybridized carbons (Fsp3) is 0.571. The van der Waals surface area contributed by atoms with Crippen LogP contribution in [0.2, 0.25) is 0 Å². The molecule has 168 valence electrons. The van der Waals surface area contributed by atoms with Crippen molar-refractivity contribution in [1.82, 2.24) is 20.4 Å². The van der Waals surface area contributed by atoms with Gasteiger partial charge < -0.3 is 19.5 Å². The second kappa shape index (κ2) is 7.81. The minimum Gasteiger partial charge on any atom is -0.491 e. The summed E-state index contributed by atoms with van der Waals surface area (Å²) in [6.07, 6.45) is 1.43. The molecule has 2 aliphatic heterocycles. The molecule has 0 saturated carbocycles. The first-order valence-corrected chi connectivity index (χ1v) is 10.3. The molecule has 31 heavy (non-hydrogen) atoms. The van der Waals surface area contributed by atoms with Crippen LogP contribution in [0.15, 0.2) is 16.7 Å². The first-order valence-electron chi connectivity index (χ1n) is 10.3.